The smallest absolute Gasteiger partial charge is 0.182 e. The molecule has 1 aromatic heterocycles. The summed E-state index contributed by atoms with van der Waals surface area (Å²) in [5.41, 5.74) is 1.95. The number of para-hydroxylation sites is 1. The Hall–Kier alpha value is -4.57. The molecule has 0 aliphatic carbocycles. The number of rotatable bonds is 6. The second kappa shape index (κ2) is 9.71. The zero-order chi connectivity index (χ0) is 23.2. The highest BCUT2D eigenvalue weighted by atomic mass is 16.5. The molecule has 33 heavy (non-hydrogen) atoms. The van der Waals surface area contributed by atoms with Crippen molar-refractivity contribution < 1.29 is 19.3 Å². The summed E-state index contributed by atoms with van der Waals surface area (Å²) in [7, 11) is 3.22. The molecule has 0 saturated carbocycles. The van der Waals surface area contributed by atoms with Gasteiger partial charge in [-0.25, -0.2) is 15.0 Å². The van der Waals surface area contributed by atoms with Crippen LogP contribution in [0.1, 0.15) is 6.92 Å². The normalized spacial score (nSPS) is 10.2. The Bertz CT molecular complexity index is 1260. The van der Waals surface area contributed by atoms with E-state index in [0.29, 0.717) is 23.0 Å². The van der Waals surface area contributed by atoms with Crippen molar-refractivity contribution in [3.8, 4) is 69.2 Å². The largest absolute Gasteiger partial charge is 0.504 e. The summed E-state index contributed by atoms with van der Waals surface area (Å²) in [4.78, 5) is 13.9. The summed E-state index contributed by atoms with van der Waals surface area (Å²) < 4.78 is 15.8. The van der Waals surface area contributed by atoms with Crippen LogP contribution < -0.4 is 14.2 Å². The third-order valence-electron chi connectivity index (χ3n) is 4.83. The molecule has 7 heteroatoms. The molecule has 0 radical (unpaired) electrons. The molecule has 0 saturated heterocycles. The highest BCUT2D eigenvalue weighted by Gasteiger charge is 2.17. The first-order chi connectivity index (χ1) is 16.1. The predicted molar refractivity (Wildman–Crippen MR) is 125 cm³/mol. The molecular formula is C26H21N3O4. The van der Waals surface area contributed by atoms with Gasteiger partial charge in [-0.2, -0.15) is 0 Å². The maximum atomic E-state index is 10.8. The summed E-state index contributed by atoms with van der Waals surface area (Å²) in [6.45, 7) is 1.65. The van der Waals surface area contributed by atoms with Crippen molar-refractivity contribution in [3.05, 3.63) is 66.7 Å². The lowest BCUT2D eigenvalue weighted by Gasteiger charge is -2.11. The van der Waals surface area contributed by atoms with Crippen molar-refractivity contribution in [1.29, 1.82) is 0 Å². The summed E-state index contributed by atoms with van der Waals surface area (Å²) in [6.07, 6.45) is 2.49. The van der Waals surface area contributed by atoms with Gasteiger partial charge < -0.3 is 19.3 Å². The van der Waals surface area contributed by atoms with Gasteiger partial charge in [0.2, 0.25) is 0 Å². The van der Waals surface area contributed by atoms with E-state index in [1.54, 1.807) is 39.3 Å². The Balaban J connectivity index is 1.88. The van der Waals surface area contributed by atoms with E-state index in [0.717, 1.165) is 22.6 Å². The lowest BCUT2D eigenvalue weighted by molar-refractivity contribution is 0.415. The van der Waals surface area contributed by atoms with Gasteiger partial charge in [-0.05, 0) is 60.7 Å². The summed E-state index contributed by atoms with van der Waals surface area (Å²) in [5, 5.41) is 10.8. The van der Waals surface area contributed by atoms with Gasteiger partial charge in [0.1, 0.15) is 17.6 Å². The van der Waals surface area contributed by atoms with Crippen LogP contribution in [0.3, 0.4) is 0 Å². The van der Waals surface area contributed by atoms with Gasteiger partial charge in [0, 0.05) is 18.1 Å². The molecule has 3 aromatic carbocycles. The van der Waals surface area contributed by atoms with E-state index in [-0.39, 0.29) is 11.5 Å². The number of aromatic hydroxyl groups is 1. The Morgan fingerprint density at radius 3 is 1.70 bits per heavy atom. The van der Waals surface area contributed by atoms with Crippen LogP contribution >= 0.6 is 0 Å². The van der Waals surface area contributed by atoms with E-state index >= 15 is 0 Å². The molecule has 1 heterocycles. The van der Waals surface area contributed by atoms with Crippen LogP contribution in [-0.4, -0.2) is 34.3 Å². The van der Waals surface area contributed by atoms with Crippen LogP contribution in [0.25, 0.3) is 34.2 Å². The van der Waals surface area contributed by atoms with Crippen molar-refractivity contribution in [2.75, 3.05) is 14.2 Å². The van der Waals surface area contributed by atoms with Crippen molar-refractivity contribution >= 4 is 0 Å². The zero-order valence-electron chi connectivity index (χ0n) is 18.4. The monoisotopic (exact) mass is 439 g/mol. The number of methoxy groups -OCH3 is 2. The quantitative estimate of drug-likeness (QED) is 0.425. The third kappa shape index (κ3) is 4.70. The molecule has 164 valence electrons. The fourth-order valence-corrected chi connectivity index (χ4v) is 3.13. The van der Waals surface area contributed by atoms with Gasteiger partial charge in [0.25, 0.3) is 0 Å². The molecule has 0 unspecified atom stereocenters. The first-order valence-corrected chi connectivity index (χ1v) is 10.1. The standard InChI is InChI=1S/C26H21N3O4/c1-4-16-33-22-7-5-6-21(23(22)30)26-28-24(17-8-12-19(31-2)13-9-17)27-25(29-26)18-10-14-20(32-3)15-11-18/h5-15,30H,1-3H3. The molecule has 0 spiro atoms. The summed E-state index contributed by atoms with van der Waals surface area (Å²) in [6, 6.07) is 19.9. The fourth-order valence-electron chi connectivity index (χ4n) is 3.13. The average Bonchev–Trinajstić information content (AvgIpc) is 2.88. The van der Waals surface area contributed by atoms with E-state index in [1.807, 2.05) is 48.5 Å². The van der Waals surface area contributed by atoms with Crippen molar-refractivity contribution in [1.82, 2.24) is 15.0 Å². The van der Waals surface area contributed by atoms with E-state index in [4.69, 9.17) is 14.2 Å². The van der Waals surface area contributed by atoms with E-state index in [2.05, 4.69) is 27.0 Å². The molecule has 0 fully saturated rings. The van der Waals surface area contributed by atoms with Gasteiger partial charge in [-0.15, -0.1) is 0 Å². The molecule has 4 rings (SSSR count). The zero-order valence-corrected chi connectivity index (χ0v) is 18.4. The first kappa shape index (κ1) is 21.7. The number of phenolic OH excluding ortho intramolecular Hbond substituents is 1. The lowest BCUT2D eigenvalue weighted by atomic mass is 10.1. The second-order valence-corrected chi connectivity index (χ2v) is 6.87. The van der Waals surface area contributed by atoms with Crippen LogP contribution in [0.4, 0.5) is 0 Å². The highest BCUT2D eigenvalue weighted by molar-refractivity contribution is 5.72. The van der Waals surface area contributed by atoms with E-state index < -0.39 is 0 Å². The summed E-state index contributed by atoms with van der Waals surface area (Å²) in [5.74, 6) is 5.41. The molecule has 0 aliphatic heterocycles. The maximum Gasteiger partial charge on any atom is 0.182 e. The average molecular weight is 439 g/mol. The Morgan fingerprint density at radius 2 is 1.21 bits per heavy atom. The Labute approximate surface area is 191 Å². The van der Waals surface area contributed by atoms with Gasteiger partial charge in [-0.1, -0.05) is 12.0 Å². The van der Waals surface area contributed by atoms with Gasteiger partial charge in [0.05, 0.1) is 19.8 Å². The first-order valence-electron chi connectivity index (χ1n) is 10.1. The topological polar surface area (TPSA) is 86.6 Å². The highest BCUT2D eigenvalue weighted by Crippen LogP contribution is 2.36. The molecule has 1 N–H and O–H groups in total. The Kier molecular flexibility index (Phi) is 6.37. The van der Waals surface area contributed by atoms with Crippen LogP contribution in [0, 0.1) is 12.0 Å². The number of hydrogen-bond donors (Lipinski definition) is 1. The molecule has 0 aliphatic rings. The molecule has 0 amide bonds. The van der Waals surface area contributed by atoms with Crippen LogP contribution in [0.15, 0.2) is 66.7 Å². The minimum Gasteiger partial charge on any atom is -0.504 e. The SMILES string of the molecule is CC#COc1cccc(-c2nc(-c3ccc(OC)cc3)nc(-c3ccc(OC)cc3)n2)c1O. The molecule has 7 nitrogen and oxygen atoms in total. The number of ether oxygens (including phenoxy) is 3. The van der Waals surface area contributed by atoms with Gasteiger partial charge in [-0.3, -0.25) is 0 Å². The van der Waals surface area contributed by atoms with Crippen molar-refractivity contribution in [3.63, 3.8) is 0 Å². The van der Waals surface area contributed by atoms with E-state index in [1.165, 1.54) is 0 Å². The fraction of sp³-hybridized carbons (Fsp3) is 0.115. The minimum absolute atomic E-state index is 0.104. The second-order valence-electron chi connectivity index (χ2n) is 6.87. The number of hydrogen-bond acceptors (Lipinski definition) is 7. The number of nitrogens with zero attached hydrogens (tertiary/aromatic N) is 3. The minimum atomic E-state index is -0.104. The third-order valence-corrected chi connectivity index (χ3v) is 4.83. The van der Waals surface area contributed by atoms with E-state index in [9.17, 15) is 5.11 Å². The van der Waals surface area contributed by atoms with Crippen LogP contribution in [0.2, 0.25) is 0 Å². The van der Waals surface area contributed by atoms with Crippen molar-refractivity contribution in [2.24, 2.45) is 0 Å². The number of phenols is 1. The molecule has 4 aromatic rings. The predicted octanol–water partition coefficient (Wildman–Crippen LogP) is 4.96. The van der Waals surface area contributed by atoms with Crippen molar-refractivity contribution in [2.45, 2.75) is 6.92 Å². The van der Waals surface area contributed by atoms with Gasteiger partial charge >= 0.3 is 0 Å². The van der Waals surface area contributed by atoms with Crippen LogP contribution in [-0.2, 0) is 0 Å². The number of aromatic nitrogens is 3. The lowest BCUT2D eigenvalue weighted by Crippen LogP contribution is -2.01. The molecule has 0 bridgehead atoms. The van der Waals surface area contributed by atoms with Crippen LogP contribution in [0.5, 0.6) is 23.0 Å². The summed E-state index contributed by atoms with van der Waals surface area (Å²) >= 11 is 0. The molecular weight excluding hydrogens is 418 g/mol. The van der Waals surface area contributed by atoms with Gasteiger partial charge in [0.15, 0.2) is 29.0 Å². The number of benzene rings is 3. The molecule has 0 atom stereocenters. The maximum absolute atomic E-state index is 10.8. The Morgan fingerprint density at radius 1 is 0.697 bits per heavy atom.